The molecule has 4 rings (SSSR count). The SMILES string of the molecule is O=c1ccc(N2CCCCC2CNc2ncnc3ccccc23)n[nH]1. The van der Waals surface area contributed by atoms with Crippen LogP contribution in [0.3, 0.4) is 0 Å². The number of benzene rings is 1. The molecule has 2 N–H and O–H groups in total. The maximum atomic E-state index is 11.3. The molecular weight excluding hydrogens is 316 g/mol. The molecule has 25 heavy (non-hydrogen) atoms. The van der Waals surface area contributed by atoms with Gasteiger partial charge >= 0.3 is 0 Å². The quantitative estimate of drug-likeness (QED) is 0.759. The largest absolute Gasteiger partial charge is 0.367 e. The minimum Gasteiger partial charge on any atom is -0.367 e. The van der Waals surface area contributed by atoms with Crippen LogP contribution >= 0.6 is 0 Å². The van der Waals surface area contributed by atoms with Crippen LogP contribution < -0.4 is 15.8 Å². The lowest BCUT2D eigenvalue weighted by Crippen LogP contribution is -2.44. The van der Waals surface area contributed by atoms with Crippen molar-refractivity contribution in [1.29, 1.82) is 0 Å². The minimum atomic E-state index is -0.178. The number of H-pyrrole nitrogens is 1. The number of aromatic nitrogens is 4. The number of hydrogen-bond donors (Lipinski definition) is 2. The zero-order chi connectivity index (χ0) is 17.1. The van der Waals surface area contributed by atoms with Gasteiger partial charge in [-0.25, -0.2) is 15.1 Å². The molecule has 0 aliphatic carbocycles. The first kappa shape index (κ1) is 15.6. The van der Waals surface area contributed by atoms with Crippen LogP contribution in [0, 0.1) is 0 Å². The first-order valence-corrected chi connectivity index (χ1v) is 8.57. The molecular formula is C18H20N6O. The van der Waals surface area contributed by atoms with Gasteiger partial charge in [-0.3, -0.25) is 4.79 Å². The van der Waals surface area contributed by atoms with Crippen molar-refractivity contribution in [3.8, 4) is 0 Å². The van der Waals surface area contributed by atoms with Crippen LogP contribution in [0.1, 0.15) is 19.3 Å². The monoisotopic (exact) mass is 336 g/mol. The van der Waals surface area contributed by atoms with Crippen LogP contribution in [-0.2, 0) is 0 Å². The van der Waals surface area contributed by atoms with Gasteiger partial charge in [-0.05, 0) is 37.5 Å². The second-order valence-electron chi connectivity index (χ2n) is 6.24. The lowest BCUT2D eigenvalue weighted by atomic mass is 10.0. The smallest absolute Gasteiger partial charge is 0.264 e. The van der Waals surface area contributed by atoms with E-state index >= 15 is 0 Å². The number of anilines is 2. The number of para-hydroxylation sites is 1. The molecule has 3 heterocycles. The van der Waals surface area contributed by atoms with E-state index in [9.17, 15) is 4.79 Å². The maximum Gasteiger partial charge on any atom is 0.264 e. The summed E-state index contributed by atoms with van der Waals surface area (Å²) in [6, 6.07) is 11.6. The molecule has 3 aromatic rings. The Hall–Kier alpha value is -2.96. The van der Waals surface area contributed by atoms with Gasteiger partial charge in [-0.2, -0.15) is 5.10 Å². The molecule has 0 radical (unpaired) electrons. The van der Waals surface area contributed by atoms with Crippen LogP contribution in [0.25, 0.3) is 10.9 Å². The summed E-state index contributed by atoms with van der Waals surface area (Å²) in [5.74, 6) is 1.67. The Balaban J connectivity index is 1.53. The van der Waals surface area contributed by atoms with E-state index in [4.69, 9.17) is 0 Å². The maximum absolute atomic E-state index is 11.3. The number of fused-ring (bicyclic) bond motifs is 1. The van der Waals surface area contributed by atoms with Crippen molar-refractivity contribution in [2.75, 3.05) is 23.3 Å². The third-order valence-electron chi connectivity index (χ3n) is 4.63. The first-order chi connectivity index (χ1) is 12.3. The molecule has 1 aliphatic heterocycles. The summed E-state index contributed by atoms with van der Waals surface area (Å²) in [6.07, 6.45) is 4.99. The summed E-state index contributed by atoms with van der Waals surface area (Å²) in [5, 5.41) is 11.2. The number of nitrogens with zero attached hydrogens (tertiary/aromatic N) is 4. The van der Waals surface area contributed by atoms with Crippen molar-refractivity contribution in [1.82, 2.24) is 20.2 Å². The highest BCUT2D eigenvalue weighted by atomic mass is 16.1. The van der Waals surface area contributed by atoms with E-state index in [2.05, 4.69) is 30.4 Å². The highest BCUT2D eigenvalue weighted by Crippen LogP contribution is 2.24. The Bertz CT molecular complexity index is 899. The van der Waals surface area contributed by atoms with E-state index in [1.807, 2.05) is 24.3 Å². The predicted octanol–water partition coefficient (Wildman–Crippen LogP) is 2.18. The van der Waals surface area contributed by atoms with Crippen molar-refractivity contribution in [2.45, 2.75) is 25.3 Å². The Morgan fingerprint density at radius 1 is 1.16 bits per heavy atom. The molecule has 0 amide bonds. The Morgan fingerprint density at radius 3 is 2.96 bits per heavy atom. The average molecular weight is 336 g/mol. The zero-order valence-corrected chi connectivity index (χ0v) is 13.9. The fourth-order valence-corrected chi connectivity index (χ4v) is 3.37. The molecule has 0 saturated carbocycles. The van der Waals surface area contributed by atoms with Gasteiger partial charge in [0, 0.05) is 30.6 Å². The summed E-state index contributed by atoms with van der Waals surface area (Å²) in [4.78, 5) is 22.2. The fourth-order valence-electron chi connectivity index (χ4n) is 3.37. The van der Waals surface area contributed by atoms with Crippen LogP contribution in [0.15, 0.2) is 47.5 Å². The molecule has 7 heteroatoms. The van der Waals surface area contributed by atoms with Gasteiger partial charge < -0.3 is 10.2 Å². The van der Waals surface area contributed by atoms with Crippen LogP contribution in [0.4, 0.5) is 11.6 Å². The molecule has 1 aliphatic rings. The molecule has 2 aromatic heterocycles. The van der Waals surface area contributed by atoms with Gasteiger partial charge in [0.15, 0.2) is 0 Å². The summed E-state index contributed by atoms with van der Waals surface area (Å²) >= 11 is 0. The van der Waals surface area contributed by atoms with Gasteiger partial charge in [0.1, 0.15) is 18.0 Å². The predicted molar refractivity (Wildman–Crippen MR) is 97.9 cm³/mol. The average Bonchev–Trinajstić information content (AvgIpc) is 2.67. The zero-order valence-electron chi connectivity index (χ0n) is 13.9. The Morgan fingerprint density at radius 2 is 2.08 bits per heavy atom. The van der Waals surface area contributed by atoms with Crippen molar-refractivity contribution in [3.63, 3.8) is 0 Å². The number of piperidine rings is 1. The second kappa shape index (κ2) is 6.88. The molecule has 0 bridgehead atoms. The number of hydrogen-bond acceptors (Lipinski definition) is 6. The molecule has 0 spiro atoms. The molecule has 7 nitrogen and oxygen atoms in total. The molecule has 128 valence electrons. The number of nitrogens with one attached hydrogen (secondary N) is 2. The van der Waals surface area contributed by atoms with Gasteiger partial charge in [0.05, 0.1) is 5.52 Å². The van der Waals surface area contributed by atoms with E-state index < -0.39 is 0 Å². The van der Waals surface area contributed by atoms with Crippen LogP contribution in [-0.4, -0.2) is 39.3 Å². The third kappa shape index (κ3) is 3.31. The highest BCUT2D eigenvalue weighted by molar-refractivity contribution is 5.88. The molecule has 1 saturated heterocycles. The molecule has 1 atom stereocenters. The van der Waals surface area contributed by atoms with Crippen LogP contribution in [0.2, 0.25) is 0 Å². The number of rotatable bonds is 4. The molecule has 1 fully saturated rings. The normalized spacial score (nSPS) is 17.6. The third-order valence-corrected chi connectivity index (χ3v) is 4.63. The summed E-state index contributed by atoms with van der Waals surface area (Å²) < 4.78 is 0. The van der Waals surface area contributed by atoms with Crippen molar-refractivity contribution in [3.05, 3.63) is 53.1 Å². The van der Waals surface area contributed by atoms with E-state index in [-0.39, 0.29) is 5.56 Å². The fraction of sp³-hybridized carbons (Fsp3) is 0.333. The second-order valence-corrected chi connectivity index (χ2v) is 6.24. The van der Waals surface area contributed by atoms with Crippen molar-refractivity contribution >= 4 is 22.5 Å². The summed E-state index contributed by atoms with van der Waals surface area (Å²) in [7, 11) is 0. The Labute approximate surface area is 145 Å². The van der Waals surface area contributed by atoms with E-state index in [0.717, 1.165) is 48.5 Å². The number of aromatic amines is 1. The topological polar surface area (TPSA) is 86.8 Å². The van der Waals surface area contributed by atoms with Gasteiger partial charge in [-0.1, -0.05) is 12.1 Å². The standard InChI is InChI=1S/C18H20N6O/c25-17-9-8-16(22-23-17)24-10-4-3-5-13(24)11-19-18-14-6-1-2-7-15(14)20-12-21-18/h1-2,6-9,12-13H,3-5,10-11H2,(H,23,25)(H,19,20,21). The molecule has 1 aromatic carbocycles. The summed E-state index contributed by atoms with van der Waals surface area (Å²) in [5.41, 5.74) is 0.755. The Kier molecular flexibility index (Phi) is 4.28. The molecule has 1 unspecified atom stereocenters. The van der Waals surface area contributed by atoms with Crippen molar-refractivity contribution < 1.29 is 0 Å². The van der Waals surface area contributed by atoms with Crippen LogP contribution in [0.5, 0.6) is 0 Å². The highest BCUT2D eigenvalue weighted by Gasteiger charge is 2.23. The van der Waals surface area contributed by atoms with Gasteiger partial charge in [0.25, 0.3) is 5.56 Å². The first-order valence-electron chi connectivity index (χ1n) is 8.57. The minimum absolute atomic E-state index is 0.178. The lowest BCUT2D eigenvalue weighted by Gasteiger charge is -2.36. The lowest BCUT2D eigenvalue weighted by molar-refractivity contribution is 0.467. The van der Waals surface area contributed by atoms with E-state index in [1.54, 1.807) is 12.4 Å². The van der Waals surface area contributed by atoms with E-state index in [0.29, 0.717) is 6.04 Å². The van der Waals surface area contributed by atoms with Crippen molar-refractivity contribution in [2.24, 2.45) is 0 Å². The summed E-state index contributed by atoms with van der Waals surface area (Å²) in [6.45, 7) is 1.71. The van der Waals surface area contributed by atoms with Gasteiger partial charge in [-0.15, -0.1) is 0 Å². The van der Waals surface area contributed by atoms with Gasteiger partial charge in [0.2, 0.25) is 0 Å². The van der Waals surface area contributed by atoms with E-state index in [1.165, 1.54) is 12.5 Å².